The Kier molecular flexibility index (Phi) is 8.19. The van der Waals surface area contributed by atoms with Crippen LogP contribution in [-0.2, 0) is 17.8 Å². The van der Waals surface area contributed by atoms with E-state index in [4.69, 9.17) is 0 Å². The Labute approximate surface area is 125 Å². The van der Waals surface area contributed by atoms with Gasteiger partial charge in [0.15, 0.2) is 0 Å². The normalized spacial score (nSPS) is 14.2. The Morgan fingerprint density at radius 1 is 1.25 bits per heavy atom. The number of hydrogen-bond donors (Lipinski definition) is 1. The van der Waals surface area contributed by atoms with Crippen LogP contribution in [0.15, 0.2) is 18.2 Å². The van der Waals surface area contributed by atoms with E-state index in [0.717, 1.165) is 43.2 Å². The molecule has 0 fully saturated rings. The van der Waals surface area contributed by atoms with Gasteiger partial charge in [0.05, 0.1) is 6.04 Å². The summed E-state index contributed by atoms with van der Waals surface area (Å²) in [5.41, 5.74) is 1.76. The predicted molar refractivity (Wildman–Crippen MR) is 84.5 cm³/mol. The van der Waals surface area contributed by atoms with Crippen LogP contribution in [0.5, 0.6) is 0 Å². The van der Waals surface area contributed by atoms with Crippen molar-refractivity contribution in [1.29, 1.82) is 0 Å². The lowest BCUT2D eigenvalue weighted by atomic mass is 10.0. The average Bonchev–Trinajstić information content (AvgIpc) is 2.44. The SMILES string of the molecule is CCCCc1cc([C@H](C)N[S+]([O-])CCCC)ccc1F. The first kappa shape index (κ1) is 17.5. The number of halogens is 1. The van der Waals surface area contributed by atoms with E-state index in [1.54, 1.807) is 6.07 Å². The van der Waals surface area contributed by atoms with Gasteiger partial charge in [-0.2, -0.15) is 0 Å². The minimum atomic E-state index is -1.01. The van der Waals surface area contributed by atoms with Crippen LogP contribution >= 0.6 is 0 Å². The summed E-state index contributed by atoms with van der Waals surface area (Å²) >= 11 is -1.01. The fourth-order valence-electron chi connectivity index (χ4n) is 2.02. The fraction of sp³-hybridized carbons (Fsp3) is 0.625. The Morgan fingerprint density at radius 2 is 1.95 bits per heavy atom. The van der Waals surface area contributed by atoms with E-state index in [-0.39, 0.29) is 11.9 Å². The number of hydrogen-bond acceptors (Lipinski definition) is 2. The van der Waals surface area contributed by atoms with Crippen LogP contribution in [0.3, 0.4) is 0 Å². The summed E-state index contributed by atoms with van der Waals surface area (Å²) in [5, 5.41) is 0. The van der Waals surface area contributed by atoms with Crippen LogP contribution in [0.1, 0.15) is 63.6 Å². The van der Waals surface area contributed by atoms with Gasteiger partial charge in [-0.05, 0) is 43.4 Å². The highest BCUT2D eigenvalue weighted by atomic mass is 32.2. The average molecular weight is 299 g/mol. The lowest BCUT2D eigenvalue weighted by Gasteiger charge is -2.18. The van der Waals surface area contributed by atoms with Crippen molar-refractivity contribution in [3.8, 4) is 0 Å². The van der Waals surface area contributed by atoms with Crippen LogP contribution in [0.4, 0.5) is 4.39 Å². The van der Waals surface area contributed by atoms with Crippen LogP contribution in [-0.4, -0.2) is 10.3 Å². The zero-order valence-corrected chi connectivity index (χ0v) is 13.6. The van der Waals surface area contributed by atoms with Crippen LogP contribution in [0.25, 0.3) is 0 Å². The number of unbranched alkanes of at least 4 members (excludes halogenated alkanes) is 2. The second-order valence-electron chi connectivity index (χ2n) is 5.20. The van der Waals surface area contributed by atoms with Gasteiger partial charge in [-0.25, -0.2) is 4.39 Å². The van der Waals surface area contributed by atoms with Gasteiger partial charge in [-0.1, -0.05) is 38.8 Å². The molecule has 0 spiro atoms. The summed E-state index contributed by atoms with van der Waals surface area (Å²) in [5.74, 6) is 0.534. The Morgan fingerprint density at radius 3 is 2.60 bits per heavy atom. The third kappa shape index (κ3) is 5.81. The molecule has 0 bridgehead atoms. The molecule has 0 aliphatic carbocycles. The van der Waals surface area contributed by atoms with Crippen molar-refractivity contribution in [3.63, 3.8) is 0 Å². The Hall–Kier alpha value is -0.580. The molecule has 0 amide bonds. The molecule has 0 saturated carbocycles. The molecule has 114 valence electrons. The summed E-state index contributed by atoms with van der Waals surface area (Å²) in [6.45, 7) is 6.16. The molecule has 2 nitrogen and oxygen atoms in total. The van der Waals surface area contributed by atoms with E-state index in [1.165, 1.54) is 6.07 Å². The molecule has 1 aromatic carbocycles. The van der Waals surface area contributed by atoms with E-state index in [9.17, 15) is 8.94 Å². The topological polar surface area (TPSA) is 35.1 Å². The molecule has 1 aromatic rings. The standard InChI is InChI=1S/C16H26FNOS/c1-4-6-8-15-12-14(9-10-16(15)17)13(3)18-20(19)11-7-5-2/h9-10,12-13,18H,4-8,11H2,1-3H3/t13-,20?/m0/s1. The van der Waals surface area contributed by atoms with Gasteiger partial charge in [0, 0.05) is 11.4 Å². The van der Waals surface area contributed by atoms with Crippen molar-refractivity contribution < 1.29 is 8.94 Å². The zero-order chi connectivity index (χ0) is 15.0. The van der Waals surface area contributed by atoms with Gasteiger partial charge < -0.3 is 4.55 Å². The van der Waals surface area contributed by atoms with Gasteiger partial charge in [0.25, 0.3) is 0 Å². The van der Waals surface area contributed by atoms with Gasteiger partial charge in [0.2, 0.25) is 0 Å². The highest BCUT2D eigenvalue weighted by Crippen LogP contribution is 2.19. The number of aryl methyl sites for hydroxylation is 1. The lowest BCUT2D eigenvalue weighted by Crippen LogP contribution is -2.29. The second-order valence-corrected chi connectivity index (χ2v) is 6.53. The molecule has 0 aliphatic heterocycles. The summed E-state index contributed by atoms with van der Waals surface area (Å²) in [6.07, 6.45) is 4.81. The summed E-state index contributed by atoms with van der Waals surface area (Å²) in [7, 11) is 0. The molecular formula is C16H26FNOS. The van der Waals surface area contributed by atoms with Crippen molar-refractivity contribution in [2.24, 2.45) is 0 Å². The van der Waals surface area contributed by atoms with Gasteiger partial charge >= 0.3 is 0 Å². The maximum absolute atomic E-state index is 13.7. The van der Waals surface area contributed by atoms with E-state index < -0.39 is 11.4 Å². The van der Waals surface area contributed by atoms with Gasteiger partial charge in [-0.3, -0.25) is 0 Å². The molecule has 1 rings (SSSR count). The number of nitrogens with one attached hydrogen (secondary N) is 1. The molecule has 20 heavy (non-hydrogen) atoms. The van der Waals surface area contributed by atoms with E-state index in [1.807, 2.05) is 13.0 Å². The van der Waals surface area contributed by atoms with E-state index in [2.05, 4.69) is 18.6 Å². The maximum atomic E-state index is 13.7. The van der Waals surface area contributed by atoms with Gasteiger partial charge in [0.1, 0.15) is 11.6 Å². The molecular weight excluding hydrogens is 273 g/mol. The van der Waals surface area contributed by atoms with E-state index >= 15 is 0 Å². The van der Waals surface area contributed by atoms with Crippen molar-refractivity contribution in [2.75, 3.05) is 5.75 Å². The molecule has 1 N–H and O–H groups in total. The summed E-state index contributed by atoms with van der Waals surface area (Å²) in [6, 6.07) is 5.18. The fourth-order valence-corrected chi connectivity index (χ4v) is 3.22. The van der Waals surface area contributed by atoms with E-state index in [0.29, 0.717) is 5.75 Å². The second kappa shape index (κ2) is 9.37. The Balaban J connectivity index is 2.65. The van der Waals surface area contributed by atoms with Crippen molar-refractivity contribution in [3.05, 3.63) is 35.1 Å². The summed E-state index contributed by atoms with van der Waals surface area (Å²) in [4.78, 5) is 0. The first-order valence-corrected chi connectivity index (χ1v) is 8.83. The molecule has 4 heteroatoms. The van der Waals surface area contributed by atoms with Crippen molar-refractivity contribution in [1.82, 2.24) is 4.72 Å². The molecule has 0 radical (unpaired) electrons. The minimum absolute atomic E-state index is 0.0198. The van der Waals surface area contributed by atoms with Crippen LogP contribution in [0.2, 0.25) is 0 Å². The highest BCUT2D eigenvalue weighted by Gasteiger charge is 2.14. The third-order valence-electron chi connectivity index (χ3n) is 3.36. The smallest absolute Gasteiger partial charge is 0.126 e. The largest absolute Gasteiger partial charge is 0.598 e. The molecule has 0 aromatic heterocycles. The molecule has 2 atom stereocenters. The zero-order valence-electron chi connectivity index (χ0n) is 12.7. The molecule has 1 unspecified atom stereocenters. The molecule has 0 saturated heterocycles. The van der Waals surface area contributed by atoms with Gasteiger partial charge in [-0.15, -0.1) is 4.72 Å². The Bertz CT molecular complexity index is 400. The first-order chi connectivity index (χ1) is 9.58. The minimum Gasteiger partial charge on any atom is -0.598 e. The molecule has 0 aliphatic rings. The van der Waals surface area contributed by atoms with Crippen molar-refractivity contribution >= 4 is 11.4 Å². The first-order valence-electron chi connectivity index (χ1n) is 7.51. The number of benzene rings is 1. The summed E-state index contributed by atoms with van der Waals surface area (Å²) < 4.78 is 28.6. The van der Waals surface area contributed by atoms with Crippen LogP contribution < -0.4 is 4.72 Å². The lowest BCUT2D eigenvalue weighted by molar-refractivity contribution is 0.561. The quantitative estimate of drug-likeness (QED) is 0.691. The highest BCUT2D eigenvalue weighted by molar-refractivity contribution is 7.89. The van der Waals surface area contributed by atoms with Crippen molar-refractivity contribution in [2.45, 2.75) is 58.9 Å². The third-order valence-corrected chi connectivity index (χ3v) is 4.64. The van der Waals surface area contributed by atoms with Crippen LogP contribution in [0, 0.1) is 5.82 Å². The monoisotopic (exact) mass is 299 g/mol. The predicted octanol–water partition coefficient (Wildman–Crippen LogP) is 4.28. The molecule has 0 heterocycles. The maximum Gasteiger partial charge on any atom is 0.126 e. The number of rotatable bonds is 9.